The highest BCUT2D eigenvalue weighted by Gasteiger charge is 2.57. The first kappa shape index (κ1) is 16.8. The minimum absolute atomic E-state index is 0.0642. The van der Waals surface area contributed by atoms with E-state index in [-0.39, 0.29) is 21.7 Å². The average Bonchev–Trinajstić information content (AvgIpc) is 2.36. The summed E-state index contributed by atoms with van der Waals surface area (Å²) in [6.45, 7) is 14.3. The summed E-state index contributed by atoms with van der Waals surface area (Å²) >= 11 is 0. The second kappa shape index (κ2) is 4.95. The third-order valence-corrected chi connectivity index (χ3v) is 6.54. The van der Waals surface area contributed by atoms with Gasteiger partial charge in [-0.05, 0) is 23.7 Å². The molecule has 0 aromatic heterocycles. The van der Waals surface area contributed by atoms with Crippen LogP contribution in [0.25, 0.3) is 0 Å². The molecule has 128 valence electrons. The van der Waals surface area contributed by atoms with E-state index < -0.39 is 6.96 Å². The molecule has 1 saturated carbocycles. The summed E-state index contributed by atoms with van der Waals surface area (Å²) in [5, 5.41) is 0. The Bertz CT molecular complexity index is 395. The third kappa shape index (κ3) is 2.45. The average molecular weight is 311 g/mol. The predicted molar refractivity (Wildman–Crippen MR) is 87.2 cm³/mol. The molecular weight excluding hydrogens is 279 g/mol. The van der Waals surface area contributed by atoms with E-state index >= 15 is 0 Å². The Hall–Kier alpha value is -0.0951. The monoisotopic (exact) mass is 311 g/mol. The molecule has 3 fully saturated rings. The molecule has 2 spiro atoms. The first-order valence-corrected chi connectivity index (χ1v) is 8.72. The Kier molecular flexibility index (Phi) is 3.77. The van der Waals surface area contributed by atoms with Crippen LogP contribution in [0.2, 0.25) is 0 Å². The Morgan fingerprint density at radius 2 is 1.09 bits per heavy atom. The molecule has 0 atom stereocenters. The lowest BCUT2D eigenvalue weighted by Crippen LogP contribution is -2.67. The van der Waals surface area contributed by atoms with Gasteiger partial charge in [0.25, 0.3) is 0 Å². The van der Waals surface area contributed by atoms with Crippen LogP contribution in [0.15, 0.2) is 0 Å². The van der Waals surface area contributed by atoms with Crippen LogP contribution in [0.4, 0.5) is 0 Å². The van der Waals surface area contributed by atoms with Crippen LogP contribution in [0.5, 0.6) is 0 Å². The summed E-state index contributed by atoms with van der Waals surface area (Å²) in [7, 11) is 0. The van der Waals surface area contributed by atoms with E-state index in [2.05, 4.69) is 41.5 Å². The Morgan fingerprint density at radius 1 is 0.682 bits per heavy atom. The minimum atomic E-state index is -1.99. The van der Waals surface area contributed by atoms with Gasteiger partial charge in [-0.25, -0.2) is 0 Å². The summed E-state index contributed by atoms with van der Waals surface area (Å²) in [4.78, 5) is 0. The number of hydrogen-bond acceptors (Lipinski definition) is 4. The van der Waals surface area contributed by atoms with Crippen LogP contribution in [0.3, 0.4) is 0 Å². The van der Waals surface area contributed by atoms with E-state index in [0.717, 1.165) is 0 Å². The molecule has 0 N–H and O–H groups in total. The molecule has 0 unspecified atom stereocenters. The van der Waals surface area contributed by atoms with Gasteiger partial charge in [0.2, 0.25) is 0 Å². The molecule has 2 heterocycles. The van der Waals surface area contributed by atoms with Gasteiger partial charge in [-0.1, -0.05) is 48.0 Å². The first-order valence-electron chi connectivity index (χ1n) is 8.72. The zero-order valence-corrected chi connectivity index (χ0v) is 15.2. The van der Waals surface area contributed by atoms with E-state index in [1.807, 2.05) is 0 Å². The molecule has 22 heavy (non-hydrogen) atoms. The molecule has 3 rings (SSSR count). The topological polar surface area (TPSA) is 36.9 Å². The van der Waals surface area contributed by atoms with Crippen molar-refractivity contribution in [3.8, 4) is 0 Å². The molecule has 0 aromatic rings. The molecule has 0 bridgehead atoms. The third-order valence-electron chi connectivity index (χ3n) is 6.54. The van der Waals surface area contributed by atoms with Crippen molar-refractivity contribution in [3.63, 3.8) is 0 Å². The standard InChI is InChI=1S/C17H32BO4/c1-14(2,3)17(15(4,5)6)12-21-18(22-13-17)19-10-16(11-20-18)8-7-9-16/h7-13H2,1-6H3/q-1. The van der Waals surface area contributed by atoms with Gasteiger partial charge >= 0.3 is 6.96 Å². The molecule has 1 aliphatic carbocycles. The van der Waals surface area contributed by atoms with Gasteiger partial charge in [-0.3, -0.25) is 0 Å². The summed E-state index contributed by atoms with van der Waals surface area (Å²) in [6.07, 6.45) is 3.69. The number of hydrogen-bond donors (Lipinski definition) is 0. The normalized spacial score (nSPS) is 30.3. The van der Waals surface area contributed by atoms with Gasteiger partial charge in [-0.15, -0.1) is 0 Å². The Balaban J connectivity index is 1.71. The maximum atomic E-state index is 6.13. The minimum Gasteiger partial charge on any atom is -0.518 e. The molecular formula is C17H32BO4-. The Labute approximate surface area is 135 Å². The van der Waals surface area contributed by atoms with Crippen LogP contribution in [0, 0.1) is 21.7 Å². The zero-order valence-electron chi connectivity index (χ0n) is 15.2. The van der Waals surface area contributed by atoms with Crippen molar-refractivity contribution in [1.29, 1.82) is 0 Å². The van der Waals surface area contributed by atoms with Gasteiger partial charge in [0.1, 0.15) is 0 Å². The van der Waals surface area contributed by atoms with E-state index in [9.17, 15) is 0 Å². The fraction of sp³-hybridized carbons (Fsp3) is 1.00. The maximum absolute atomic E-state index is 6.13. The van der Waals surface area contributed by atoms with E-state index in [1.54, 1.807) is 0 Å². The number of rotatable bonds is 0. The highest BCUT2D eigenvalue weighted by Crippen LogP contribution is 2.55. The Morgan fingerprint density at radius 3 is 1.41 bits per heavy atom. The predicted octanol–water partition coefficient (Wildman–Crippen LogP) is 3.76. The lowest BCUT2D eigenvalue weighted by molar-refractivity contribution is -0.211. The second-order valence-electron chi connectivity index (χ2n) is 9.76. The fourth-order valence-electron chi connectivity index (χ4n) is 4.37. The van der Waals surface area contributed by atoms with Crippen molar-refractivity contribution in [1.82, 2.24) is 0 Å². The van der Waals surface area contributed by atoms with Crippen LogP contribution in [-0.2, 0) is 18.6 Å². The van der Waals surface area contributed by atoms with E-state index in [1.165, 1.54) is 19.3 Å². The SMILES string of the molecule is CC(C)(C)C1(C(C)(C)C)CO[B-]2(OCC3(CCC3)CO2)OC1. The molecule has 0 radical (unpaired) electrons. The molecule has 3 aliphatic rings. The van der Waals surface area contributed by atoms with Crippen LogP contribution in [-0.4, -0.2) is 33.4 Å². The second-order valence-corrected chi connectivity index (χ2v) is 9.76. The van der Waals surface area contributed by atoms with Crippen molar-refractivity contribution in [3.05, 3.63) is 0 Å². The summed E-state index contributed by atoms with van der Waals surface area (Å²) < 4.78 is 24.2. The van der Waals surface area contributed by atoms with Gasteiger partial charge in [0, 0.05) is 37.3 Å². The van der Waals surface area contributed by atoms with Crippen LogP contribution in [0.1, 0.15) is 60.8 Å². The van der Waals surface area contributed by atoms with Crippen LogP contribution < -0.4 is 0 Å². The molecule has 2 saturated heterocycles. The van der Waals surface area contributed by atoms with E-state index in [4.69, 9.17) is 18.6 Å². The van der Waals surface area contributed by atoms with Crippen molar-refractivity contribution < 1.29 is 18.6 Å². The smallest absolute Gasteiger partial charge is 0.518 e. The lowest BCUT2D eigenvalue weighted by atomic mass is 9.54. The molecule has 0 amide bonds. The van der Waals surface area contributed by atoms with Gasteiger partial charge in [0.05, 0.1) is 0 Å². The van der Waals surface area contributed by atoms with Gasteiger partial charge < -0.3 is 18.6 Å². The largest absolute Gasteiger partial charge is 0.531 e. The highest BCUT2D eigenvalue weighted by molar-refractivity contribution is 6.53. The fourth-order valence-corrected chi connectivity index (χ4v) is 4.37. The van der Waals surface area contributed by atoms with Crippen molar-refractivity contribution in [2.75, 3.05) is 26.4 Å². The van der Waals surface area contributed by atoms with Gasteiger partial charge in [-0.2, -0.15) is 0 Å². The van der Waals surface area contributed by atoms with Crippen molar-refractivity contribution in [2.24, 2.45) is 21.7 Å². The highest BCUT2D eigenvalue weighted by atomic mass is 16.9. The molecule has 4 nitrogen and oxygen atoms in total. The van der Waals surface area contributed by atoms with E-state index in [0.29, 0.717) is 26.4 Å². The summed E-state index contributed by atoms with van der Waals surface area (Å²) in [5.74, 6) is 0. The molecule has 5 heteroatoms. The molecule has 0 aromatic carbocycles. The lowest BCUT2D eigenvalue weighted by Gasteiger charge is -2.63. The maximum Gasteiger partial charge on any atom is 0.531 e. The van der Waals surface area contributed by atoms with Crippen molar-refractivity contribution in [2.45, 2.75) is 60.8 Å². The quantitative estimate of drug-likeness (QED) is 0.638. The first-order chi connectivity index (χ1) is 10.0. The zero-order chi connectivity index (χ0) is 16.3. The summed E-state index contributed by atoms with van der Waals surface area (Å²) in [6, 6.07) is 0. The van der Waals surface area contributed by atoms with Gasteiger partial charge in [0.15, 0.2) is 0 Å². The summed E-state index contributed by atoms with van der Waals surface area (Å²) in [5.41, 5.74) is 0.327. The van der Waals surface area contributed by atoms with Crippen LogP contribution >= 0.6 is 0 Å². The van der Waals surface area contributed by atoms with Crippen molar-refractivity contribution >= 4 is 6.96 Å². The molecule has 2 aliphatic heterocycles.